The third-order valence-corrected chi connectivity index (χ3v) is 9.81. The number of fused-ring (bicyclic) bond motifs is 1. The second-order valence-electron chi connectivity index (χ2n) is 8.48. The van der Waals surface area contributed by atoms with E-state index in [0.29, 0.717) is 0 Å². The Bertz CT molecular complexity index is 1360. The SMILES string of the molecule is N#Cc1c(Cl)nc2c(ccn2[C@@H]2O[C@H](CS(=O)(=O)CP(=O)(O)O)[C@@H](O)[C@H]2O)c1N1CCC(F)(F)C1. The molecular formula is C18H20ClF2N4O8PS. The first-order valence-electron chi connectivity index (χ1n) is 10.1. The van der Waals surface area contributed by atoms with E-state index in [4.69, 9.17) is 26.1 Å². The van der Waals surface area contributed by atoms with E-state index in [9.17, 15) is 37.2 Å². The number of pyridine rings is 1. The number of nitrogens with zero attached hydrogens (tertiary/aromatic N) is 4. The summed E-state index contributed by atoms with van der Waals surface area (Å²) < 4.78 is 69.9. The van der Waals surface area contributed by atoms with Crippen LogP contribution in [0.2, 0.25) is 5.15 Å². The van der Waals surface area contributed by atoms with Gasteiger partial charge in [-0.05, 0) is 6.07 Å². The number of anilines is 1. The molecule has 2 aliphatic heterocycles. The van der Waals surface area contributed by atoms with Crippen molar-refractivity contribution in [2.75, 3.05) is 29.2 Å². The molecule has 0 radical (unpaired) electrons. The Morgan fingerprint density at radius 1 is 1.34 bits per heavy atom. The number of sulfone groups is 1. The van der Waals surface area contributed by atoms with Crippen molar-refractivity contribution in [2.24, 2.45) is 0 Å². The fraction of sp³-hybridized carbons (Fsp3) is 0.556. The molecule has 0 spiro atoms. The number of halogens is 3. The Balaban J connectivity index is 1.71. The molecular weight excluding hydrogens is 537 g/mol. The first-order valence-corrected chi connectivity index (χ1v) is 14.1. The summed E-state index contributed by atoms with van der Waals surface area (Å²) in [6.45, 7) is -0.702. The highest BCUT2D eigenvalue weighted by molar-refractivity contribution is 7.97. The highest BCUT2D eigenvalue weighted by atomic mass is 35.5. The van der Waals surface area contributed by atoms with Crippen molar-refractivity contribution in [2.45, 2.75) is 36.9 Å². The lowest BCUT2D eigenvalue weighted by Gasteiger charge is -2.22. The van der Waals surface area contributed by atoms with Gasteiger partial charge in [0.15, 0.2) is 26.7 Å². The molecule has 4 atom stereocenters. The number of hydrogen-bond donors (Lipinski definition) is 4. The van der Waals surface area contributed by atoms with E-state index in [1.165, 1.54) is 21.7 Å². The third kappa shape index (κ3) is 5.16. The Morgan fingerprint density at radius 3 is 2.60 bits per heavy atom. The van der Waals surface area contributed by atoms with Crippen LogP contribution < -0.4 is 4.90 Å². The molecule has 2 aromatic heterocycles. The first-order chi connectivity index (χ1) is 16.1. The topological polar surface area (TPSA) is 186 Å². The van der Waals surface area contributed by atoms with Crippen molar-refractivity contribution in [3.63, 3.8) is 0 Å². The van der Waals surface area contributed by atoms with Gasteiger partial charge in [0, 0.05) is 24.5 Å². The van der Waals surface area contributed by atoms with Crippen molar-refractivity contribution in [1.29, 1.82) is 5.26 Å². The van der Waals surface area contributed by atoms with Crippen LogP contribution in [0.3, 0.4) is 0 Å². The van der Waals surface area contributed by atoms with Crippen LogP contribution in [0, 0.1) is 11.3 Å². The number of aliphatic hydroxyl groups excluding tert-OH is 2. The van der Waals surface area contributed by atoms with Gasteiger partial charge < -0.3 is 34.2 Å². The number of hydrogen-bond acceptors (Lipinski definition) is 9. The molecule has 4 N–H and O–H groups in total. The van der Waals surface area contributed by atoms with Gasteiger partial charge in [0.25, 0.3) is 5.92 Å². The molecule has 4 heterocycles. The summed E-state index contributed by atoms with van der Waals surface area (Å²) in [6, 6.07) is 3.30. The fourth-order valence-electron chi connectivity index (χ4n) is 4.34. The summed E-state index contributed by atoms with van der Waals surface area (Å²) in [5, 5.41) is 30.4. The Morgan fingerprint density at radius 2 is 2.03 bits per heavy atom. The lowest BCUT2D eigenvalue weighted by molar-refractivity contribution is -0.0288. The second-order valence-corrected chi connectivity index (χ2v) is 13.0. The van der Waals surface area contributed by atoms with Crippen LogP contribution >= 0.6 is 19.2 Å². The molecule has 17 heteroatoms. The van der Waals surface area contributed by atoms with E-state index >= 15 is 0 Å². The van der Waals surface area contributed by atoms with Crippen molar-refractivity contribution >= 4 is 45.8 Å². The number of rotatable bonds is 6. The molecule has 0 saturated carbocycles. The molecule has 0 amide bonds. The maximum absolute atomic E-state index is 13.9. The molecule has 2 aliphatic rings. The largest absolute Gasteiger partial charge is 0.387 e. The van der Waals surface area contributed by atoms with E-state index in [2.05, 4.69) is 4.98 Å². The van der Waals surface area contributed by atoms with Gasteiger partial charge in [-0.15, -0.1) is 0 Å². The average molecular weight is 557 g/mol. The van der Waals surface area contributed by atoms with E-state index in [1.54, 1.807) is 0 Å². The number of nitriles is 1. The second kappa shape index (κ2) is 8.89. The molecule has 35 heavy (non-hydrogen) atoms. The Labute approximate surface area is 202 Å². The van der Waals surface area contributed by atoms with E-state index in [1.807, 2.05) is 6.07 Å². The maximum Gasteiger partial charge on any atom is 0.340 e. The zero-order valence-corrected chi connectivity index (χ0v) is 20.2. The van der Waals surface area contributed by atoms with Gasteiger partial charge in [0.1, 0.15) is 35.6 Å². The van der Waals surface area contributed by atoms with Gasteiger partial charge in [0.05, 0.1) is 18.0 Å². The monoisotopic (exact) mass is 556 g/mol. The van der Waals surface area contributed by atoms with E-state index < -0.39 is 72.1 Å². The van der Waals surface area contributed by atoms with Crippen LogP contribution in [0.5, 0.6) is 0 Å². The summed E-state index contributed by atoms with van der Waals surface area (Å²) in [5.41, 5.74) is -1.44. The van der Waals surface area contributed by atoms with Crippen LogP contribution in [0.25, 0.3) is 11.0 Å². The minimum absolute atomic E-state index is 0.0224. The maximum atomic E-state index is 13.9. The Kier molecular flexibility index (Phi) is 6.65. The predicted octanol–water partition coefficient (Wildman–Crippen LogP) is 0.576. The number of aromatic nitrogens is 2. The highest BCUT2D eigenvalue weighted by Crippen LogP contribution is 2.42. The number of ether oxygens (including phenoxy) is 1. The molecule has 2 saturated heterocycles. The molecule has 0 bridgehead atoms. The summed E-state index contributed by atoms with van der Waals surface area (Å²) in [7, 11) is -9.29. The minimum atomic E-state index is -4.92. The summed E-state index contributed by atoms with van der Waals surface area (Å²) in [5.74, 6) is -3.95. The highest BCUT2D eigenvalue weighted by Gasteiger charge is 2.47. The molecule has 0 aliphatic carbocycles. The third-order valence-electron chi connectivity index (χ3n) is 5.78. The van der Waals surface area contributed by atoms with Gasteiger partial charge >= 0.3 is 7.60 Å². The van der Waals surface area contributed by atoms with Crippen molar-refractivity contribution < 1.29 is 46.5 Å². The van der Waals surface area contributed by atoms with Gasteiger partial charge in [-0.25, -0.2) is 22.2 Å². The number of aliphatic hydroxyl groups is 2. The van der Waals surface area contributed by atoms with Gasteiger partial charge in [-0.1, -0.05) is 11.6 Å². The first kappa shape index (κ1) is 26.2. The van der Waals surface area contributed by atoms with E-state index in [0.717, 1.165) is 0 Å². The molecule has 0 unspecified atom stereocenters. The van der Waals surface area contributed by atoms with Crippen molar-refractivity contribution in [3.05, 3.63) is 23.0 Å². The zero-order chi connectivity index (χ0) is 25.9. The molecule has 2 aromatic rings. The van der Waals surface area contributed by atoms with Crippen LogP contribution in [-0.2, 0) is 19.1 Å². The lowest BCUT2D eigenvalue weighted by atomic mass is 10.1. The Hall–Kier alpha value is -1.89. The zero-order valence-electron chi connectivity index (χ0n) is 17.7. The van der Waals surface area contributed by atoms with Crippen LogP contribution in [-0.4, -0.2) is 86.5 Å². The smallest absolute Gasteiger partial charge is 0.340 e. The fourth-order valence-corrected chi connectivity index (χ4v) is 7.80. The lowest BCUT2D eigenvalue weighted by Crippen LogP contribution is -2.35. The quantitative estimate of drug-likeness (QED) is 0.288. The van der Waals surface area contributed by atoms with Gasteiger partial charge in [-0.2, -0.15) is 5.26 Å². The van der Waals surface area contributed by atoms with Crippen molar-refractivity contribution in [3.8, 4) is 6.07 Å². The molecule has 12 nitrogen and oxygen atoms in total. The molecule has 192 valence electrons. The standard InChI is InChI=1S/C18H20ClF2N4O8PS/c19-15-10(5-22)12(24-4-2-18(20,21)7-24)9-1-3-25(16(9)23-15)17-14(27)13(26)11(33-17)6-35(31,32)8-34(28,29)30/h1,3,11,13-14,17,26-27H,2,4,6-8H2,(H2,28,29,30)/t11-,13-,14-,17-/m1/s1. The summed E-state index contributed by atoms with van der Waals surface area (Å²) >= 11 is 6.17. The van der Waals surface area contributed by atoms with Crippen LogP contribution in [0.4, 0.5) is 14.5 Å². The predicted molar refractivity (Wildman–Crippen MR) is 118 cm³/mol. The minimum Gasteiger partial charge on any atom is -0.387 e. The molecule has 0 aromatic carbocycles. The summed E-state index contributed by atoms with van der Waals surface area (Å²) in [4.78, 5) is 23.4. The van der Waals surface area contributed by atoms with Crippen LogP contribution in [0.1, 0.15) is 18.2 Å². The van der Waals surface area contributed by atoms with Gasteiger partial charge in [-0.3, -0.25) is 4.57 Å². The average Bonchev–Trinajstić information content (AvgIpc) is 3.36. The molecule has 4 rings (SSSR count). The normalized spacial score (nSPS) is 27.0. The van der Waals surface area contributed by atoms with Gasteiger partial charge in [0.2, 0.25) is 0 Å². The molecule has 2 fully saturated rings. The van der Waals surface area contributed by atoms with E-state index in [-0.39, 0.29) is 34.0 Å². The summed E-state index contributed by atoms with van der Waals surface area (Å²) in [6.07, 6.45) is -5.44. The van der Waals surface area contributed by atoms with Crippen LogP contribution in [0.15, 0.2) is 12.3 Å². The van der Waals surface area contributed by atoms with Crippen molar-refractivity contribution in [1.82, 2.24) is 9.55 Å². The number of alkyl halides is 2.